The molecule has 0 saturated carbocycles. The fraction of sp³-hybridized carbons (Fsp3) is 0.154. The quantitative estimate of drug-likeness (QED) is 0.565. The maximum Gasteiger partial charge on any atom is 0.230 e. The number of carbonyl (C=O) groups is 2. The molecule has 0 bridgehead atoms. The van der Waals surface area contributed by atoms with Gasteiger partial charge in [-0.2, -0.15) is 5.10 Å². The molecule has 21 heavy (non-hydrogen) atoms. The number of aromatic amines is 1. The van der Waals surface area contributed by atoms with Crippen LogP contribution in [0.3, 0.4) is 0 Å². The molecule has 8 nitrogen and oxygen atoms in total. The minimum atomic E-state index is -0.588. The Bertz CT molecular complexity index is 835. The summed E-state index contributed by atoms with van der Waals surface area (Å²) < 4.78 is 6.70. The Kier molecular flexibility index (Phi) is 2.98. The fourth-order valence-electron chi connectivity index (χ4n) is 2.12. The lowest BCUT2D eigenvalue weighted by Crippen LogP contribution is -2.09. The van der Waals surface area contributed by atoms with Crippen LogP contribution in [0.1, 0.15) is 17.3 Å². The van der Waals surface area contributed by atoms with Crippen molar-refractivity contribution in [1.29, 1.82) is 0 Å². The van der Waals surface area contributed by atoms with Crippen molar-refractivity contribution in [2.75, 3.05) is 7.11 Å². The van der Waals surface area contributed by atoms with E-state index in [-0.39, 0.29) is 5.56 Å². The number of rotatable bonds is 4. The number of carbonyl (C=O) groups excluding carboxylic acids is 2. The Hall–Kier alpha value is -3.03. The van der Waals surface area contributed by atoms with Gasteiger partial charge in [0, 0.05) is 13.1 Å². The monoisotopic (exact) mass is 285 g/mol. The topological polar surface area (TPSA) is 103 Å². The van der Waals surface area contributed by atoms with Crippen molar-refractivity contribution in [3.63, 3.8) is 0 Å². The molecule has 0 fully saturated rings. The highest BCUT2D eigenvalue weighted by Gasteiger charge is 2.22. The predicted octanol–water partition coefficient (Wildman–Crippen LogP) is 0.924. The molecule has 0 spiro atoms. The lowest BCUT2D eigenvalue weighted by molar-refractivity contribution is -0.113. The summed E-state index contributed by atoms with van der Waals surface area (Å²) in [6, 6.07) is 0. The number of hydrogen-bond acceptors (Lipinski definition) is 6. The maximum atomic E-state index is 12.0. The maximum absolute atomic E-state index is 12.0. The van der Waals surface area contributed by atoms with Gasteiger partial charge in [0.15, 0.2) is 11.6 Å². The number of aromatic nitrogens is 5. The standard InChI is InChI=1S/C13H11N5O3/c1-7(19)12(20)8-3-15-11-10(8)9(21-2)4-16-13(11)18-6-14-5-17-18/h3-6,15H,1-2H3. The Labute approximate surface area is 118 Å². The normalized spacial score (nSPS) is 10.8. The number of H-pyrrole nitrogens is 1. The minimum absolute atomic E-state index is 0.248. The average Bonchev–Trinajstić information content (AvgIpc) is 3.14. The third-order valence-electron chi connectivity index (χ3n) is 3.07. The van der Waals surface area contributed by atoms with E-state index in [2.05, 4.69) is 20.1 Å². The molecule has 0 aliphatic heterocycles. The summed E-state index contributed by atoms with van der Waals surface area (Å²) in [4.78, 5) is 34.4. The van der Waals surface area contributed by atoms with Gasteiger partial charge in [-0.1, -0.05) is 0 Å². The molecule has 8 heteroatoms. The predicted molar refractivity (Wildman–Crippen MR) is 72.6 cm³/mol. The first kappa shape index (κ1) is 13.0. The number of Topliss-reactive ketones (excluding diaryl/α,β-unsaturated/α-hetero) is 2. The number of methoxy groups -OCH3 is 1. The summed E-state index contributed by atoms with van der Waals surface area (Å²) in [6.45, 7) is 1.23. The molecule has 3 aromatic rings. The second kappa shape index (κ2) is 4.82. The number of ketones is 2. The average molecular weight is 285 g/mol. The van der Waals surface area contributed by atoms with Gasteiger partial charge in [0.25, 0.3) is 0 Å². The van der Waals surface area contributed by atoms with Crippen LogP contribution in [0.25, 0.3) is 16.7 Å². The SMILES string of the molecule is COc1cnc(-n2cncn2)c2[nH]cc(C(=O)C(C)=O)c12. The van der Waals surface area contributed by atoms with Gasteiger partial charge in [-0.05, 0) is 0 Å². The van der Waals surface area contributed by atoms with E-state index in [9.17, 15) is 9.59 Å². The van der Waals surface area contributed by atoms with Crippen LogP contribution in [0.5, 0.6) is 5.75 Å². The first-order valence-electron chi connectivity index (χ1n) is 6.07. The lowest BCUT2D eigenvalue weighted by atomic mass is 10.1. The third-order valence-corrected chi connectivity index (χ3v) is 3.07. The molecule has 3 heterocycles. The third kappa shape index (κ3) is 1.97. The molecule has 3 aromatic heterocycles. The number of nitrogens with one attached hydrogen (secondary N) is 1. The van der Waals surface area contributed by atoms with E-state index >= 15 is 0 Å². The van der Waals surface area contributed by atoms with Crippen LogP contribution in [0.15, 0.2) is 25.0 Å². The molecule has 0 aliphatic rings. The lowest BCUT2D eigenvalue weighted by Gasteiger charge is -2.06. The Balaban J connectivity index is 2.32. The van der Waals surface area contributed by atoms with E-state index in [0.29, 0.717) is 22.5 Å². The second-order valence-corrected chi connectivity index (χ2v) is 4.33. The molecule has 0 atom stereocenters. The van der Waals surface area contributed by atoms with Crippen LogP contribution in [0.2, 0.25) is 0 Å². The highest BCUT2D eigenvalue weighted by molar-refractivity contribution is 6.45. The molecule has 0 aromatic carbocycles. The Morgan fingerprint density at radius 1 is 1.38 bits per heavy atom. The van der Waals surface area contributed by atoms with Gasteiger partial charge in [-0.15, -0.1) is 0 Å². The van der Waals surface area contributed by atoms with Gasteiger partial charge in [0.2, 0.25) is 5.78 Å². The highest BCUT2D eigenvalue weighted by atomic mass is 16.5. The van der Waals surface area contributed by atoms with Gasteiger partial charge < -0.3 is 9.72 Å². The highest BCUT2D eigenvalue weighted by Crippen LogP contribution is 2.31. The van der Waals surface area contributed by atoms with E-state index in [0.717, 1.165) is 0 Å². The van der Waals surface area contributed by atoms with Crippen molar-refractivity contribution < 1.29 is 14.3 Å². The van der Waals surface area contributed by atoms with Gasteiger partial charge >= 0.3 is 0 Å². The molecule has 0 amide bonds. The molecule has 1 N–H and O–H groups in total. The molecule has 106 valence electrons. The van der Waals surface area contributed by atoms with Gasteiger partial charge in [-0.3, -0.25) is 9.59 Å². The smallest absolute Gasteiger partial charge is 0.230 e. The molecular weight excluding hydrogens is 274 g/mol. The first-order valence-corrected chi connectivity index (χ1v) is 6.07. The molecule has 0 unspecified atom stereocenters. The number of fused-ring (bicyclic) bond motifs is 1. The van der Waals surface area contributed by atoms with Crippen LogP contribution >= 0.6 is 0 Å². The summed E-state index contributed by atoms with van der Waals surface area (Å²) in [5.74, 6) is -0.266. The summed E-state index contributed by atoms with van der Waals surface area (Å²) >= 11 is 0. The molecule has 0 radical (unpaired) electrons. The largest absolute Gasteiger partial charge is 0.494 e. The van der Waals surface area contributed by atoms with Crippen LogP contribution in [0.4, 0.5) is 0 Å². The van der Waals surface area contributed by atoms with E-state index in [1.807, 2.05) is 0 Å². The van der Waals surface area contributed by atoms with Crippen LogP contribution < -0.4 is 4.74 Å². The fourth-order valence-corrected chi connectivity index (χ4v) is 2.12. The van der Waals surface area contributed by atoms with Crippen molar-refractivity contribution in [3.8, 4) is 11.6 Å². The van der Waals surface area contributed by atoms with Crippen molar-refractivity contribution in [3.05, 3.63) is 30.6 Å². The van der Waals surface area contributed by atoms with Crippen molar-refractivity contribution in [2.24, 2.45) is 0 Å². The van der Waals surface area contributed by atoms with Gasteiger partial charge in [-0.25, -0.2) is 14.6 Å². The number of ether oxygens (including phenoxy) is 1. The molecule has 3 rings (SSSR count). The second-order valence-electron chi connectivity index (χ2n) is 4.33. The summed E-state index contributed by atoms with van der Waals surface area (Å²) in [5, 5.41) is 4.51. The first-order chi connectivity index (χ1) is 10.1. The van der Waals surface area contributed by atoms with E-state index in [1.54, 1.807) is 0 Å². The van der Waals surface area contributed by atoms with Crippen LogP contribution in [-0.4, -0.2) is 43.4 Å². The zero-order valence-electron chi connectivity index (χ0n) is 11.3. The zero-order chi connectivity index (χ0) is 15.0. The molecule has 0 saturated heterocycles. The van der Waals surface area contributed by atoms with Gasteiger partial charge in [0.1, 0.15) is 18.4 Å². The number of pyridine rings is 1. The van der Waals surface area contributed by atoms with Crippen molar-refractivity contribution in [2.45, 2.75) is 6.92 Å². The molecular formula is C13H11N5O3. The van der Waals surface area contributed by atoms with Crippen molar-refractivity contribution in [1.82, 2.24) is 24.7 Å². The van der Waals surface area contributed by atoms with Gasteiger partial charge in [0.05, 0.1) is 29.8 Å². The van der Waals surface area contributed by atoms with Crippen LogP contribution in [0, 0.1) is 0 Å². The Morgan fingerprint density at radius 3 is 2.81 bits per heavy atom. The zero-order valence-corrected chi connectivity index (χ0v) is 11.3. The van der Waals surface area contributed by atoms with E-state index < -0.39 is 11.6 Å². The van der Waals surface area contributed by atoms with E-state index in [4.69, 9.17) is 4.74 Å². The van der Waals surface area contributed by atoms with Crippen LogP contribution in [-0.2, 0) is 4.79 Å². The van der Waals surface area contributed by atoms with Crippen molar-refractivity contribution >= 4 is 22.5 Å². The summed E-state index contributed by atoms with van der Waals surface area (Å²) in [6.07, 6.45) is 5.81. The summed E-state index contributed by atoms with van der Waals surface area (Å²) in [7, 11) is 1.47. The number of nitrogens with zero attached hydrogens (tertiary/aromatic N) is 4. The molecule has 0 aliphatic carbocycles. The Morgan fingerprint density at radius 2 is 2.19 bits per heavy atom. The number of hydrogen-bond donors (Lipinski definition) is 1. The minimum Gasteiger partial charge on any atom is -0.494 e. The van der Waals surface area contributed by atoms with E-state index in [1.165, 1.54) is 43.8 Å². The summed E-state index contributed by atoms with van der Waals surface area (Å²) in [5.41, 5.74) is 0.794.